The number of nitro groups is 1. The summed E-state index contributed by atoms with van der Waals surface area (Å²) in [6, 6.07) is 15.1. The monoisotopic (exact) mass is 585 g/mol. The molecule has 10 nitrogen and oxygen atoms in total. The molecule has 0 saturated carbocycles. The Bertz CT molecular complexity index is 1120. The minimum absolute atomic E-state index is 0.0271. The number of amides is 3. The standard InChI is InChI=1S/C30H43N5O5S/c1-22(2)34(23(3)4)18-16-31-29(37)28(21-26-11-13-27(14-12-26)35(39)40)32-30(38)33(19-20-41-24(5)36)17-15-25-9-7-6-8-10-25/h6-14,22-23,28H,15-21H2,1-5H3,(H,31,37)(H,32,38)/t28-/m0/s1. The van der Waals surface area contributed by atoms with Gasteiger partial charge in [-0.2, -0.15) is 0 Å². The topological polar surface area (TPSA) is 125 Å². The number of hydrogen-bond donors (Lipinski definition) is 2. The zero-order valence-electron chi connectivity index (χ0n) is 24.7. The Hall–Kier alpha value is -3.44. The summed E-state index contributed by atoms with van der Waals surface area (Å²) in [6.07, 6.45) is 0.792. The van der Waals surface area contributed by atoms with Gasteiger partial charge < -0.3 is 15.5 Å². The van der Waals surface area contributed by atoms with Crippen molar-refractivity contribution in [3.8, 4) is 0 Å². The number of nitrogens with one attached hydrogen (secondary N) is 2. The highest BCUT2D eigenvalue weighted by Crippen LogP contribution is 2.14. The van der Waals surface area contributed by atoms with Gasteiger partial charge in [-0.15, -0.1) is 0 Å². The van der Waals surface area contributed by atoms with Gasteiger partial charge >= 0.3 is 6.03 Å². The van der Waals surface area contributed by atoms with Gasteiger partial charge in [-0.3, -0.25) is 24.6 Å². The molecule has 0 saturated heterocycles. The molecule has 0 bridgehead atoms. The lowest BCUT2D eigenvalue weighted by atomic mass is 10.0. The fourth-order valence-corrected chi connectivity index (χ4v) is 5.11. The average molecular weight is 586 g/mol. The summed E-state index contributed by atoms with van der Waals surface area (Å²) in [5, 5.41) is 16.9. The van der Waals surface area contributed by atoms with Crippen LogP contribution in [0.1, 0.15) is 45.7 Å². The highest BCUT2D eigenvalue weighted by molar-refractivity contribution is 8.13. The van der Waals surface area contributed by atoms with E-state index in [9.17, 15) is 24.5 Å². The highest BCUT2D eigenvalue weighted by Gasteiger charge is 2.25. The second kappa shape index (κ2) is 17.4. The molecule has 41 heavy (non-hydrogen) atoms. The maximum Gasteiger partial charge on any atom is 0.318 e. The Morgan fingerprint density at radius 2 is 1.54 bits per heavy atom. The van der Waals surface area contributed by atoms with Gasteiger partial charge in [-0.05, 0) is 45.2 Å². The second-order valence-corrected chi connectivity index (χ2v) is 11.7. The third-order valence-corrected chi connectivity index (χ3v) is 7.46. The molecule has 0 aliphatic rings. The minimum Gasteiger partial charge on any atom is -0.353 e. The summed E-state index contributed by atoms with van der Waals surface area (Å²) in [7, 11) is 0. The van der Waals surface area contributed by atoms with Crippen LogP contribution in [-0.2, 0) is 22.4 Å². The third kappa shape index (κ3) is 12.3. The summed E-state index contributed by atoms with van der Waals surface area (Å²) in [5.74, 6) is 0.113. The van der Waals surface area contributed by atoms with Crippen LogP contribution in [0.25, 0.3) is 0 Å². The van der Waals surface area contributed by atoms with Crippen molar-refractivity contribution in [1.82, 2.24) is 20.4 Å². The van der Waals surface area contributed by atoms with E-state index in [1.165, 1.54) is 19.1 Å². The Morgan fingerprint density at radius 1 is 0.902 bits per heavy atom. The van der Waals surface area contributed by atoms with E-state index < -0.39 is 17.0 Å². The number of urea groups is 1. The molecule has 0 radical (unpaired) electrons. The highest BCUT2D eigenvalue weighted by atomic mass is 32.2. The van der Waals surface area contributed by atoms with Gasteiger partial charge in [-0.25, -0.2) is 4.79 Å². The van der Waals surface area contributed by atoms with Crippen molar-refractivity contribution in [2.45, 2.75) is 65.6 Å². The molecule has 0 aliphatic heterocycles. The van der Waals surface area contributed by atoms with E-state index in [1.54, 1.807) is 17.0 Å². The molecule has 11 heteroatoms. The van der Waals surface area contributed by atoms with Crippen LogP contribution in [0.4, 0.5) is 10.5 Å². The van der Waals surface area contributed by atoms with Crippen molar-refractivity contribution in [2.75, 3.05) is 31.9 Å². The van der Waals surface area contributed by atoms with Crippen molar-refractivity contribution in [2.24, 2.45) is 0 Å². The number of benzene rings is 2. The number of nitro benzene ring substituents is 1. The van der Waals surface area contributed by atoms with Gasteiger partial charge in [0.1, 0.15) is 6.04 Å². The van der Waals surface area contributed by atoms with E-state index in [-0.39, 0.29) is 23.1 Å². The van der Waals surface area contributed by atoms with Crippen molar-refractivity contribution < 1.29 is 19.3 Å². The number of non-ortho nitro benzene ring substituents is 1. The molecule has 224 valence electrons. The fraction of sp³-hybridized carbons (Fsp3) is 0.500. The van der Waals surface area contributed by atoms with Gasteiger partial charge in [-0.1, -0.05) is 54.2 Å². The summed E-state index contributed by atoms with van der Waals surface area (Å²) in [6.45, 7) is 11.7. The molecule has 2 aromatic rings. The minimum atomic E-state index is -0.893. The van der Waals surface area contributed by atoms with Crippen LogP contribution in [0.15, 0.2) is 54.6 Å². The molecule has 1 atom stereocenters. The van der Waals surface area contributed by atoms with Crippen molar-refractivity contribution in [3.05, 3.63) is 75.8 Å². The summed E-state index contributed by atoms with van der Waals surface area (Å²) < 4.78 is 0. The van der Waals surface area contributed by atoms with E-state index in [2.05, 4.69) is 43.2 Å². The zero-order chi connectivity index (χ0) is 30.4. The van der Waals surface area contributed by atoms with Gasteiger partial charge in [0.05, 0.1) is 4.92 Å². The molecule has 0 aliphatic carbocycles. The molecule has 0 heterocycles. The number of nitrogens with zero attached hydrogens (tertiary/aromatic N) is 3. The largest absolute Gasteiger partial charge is 0.353 e. The number of carbonyl (C=O) groups is 3. The lowest BCUT2D eigenvalue weighted by molar-refractivity contribution is -0.384. The first-order valence-electron chi connectivity index (χ1n) is 14.0. The Balaban J connectivity index is 2.18. The van der Waals surface area contributed by atoms with E-state index in [4.69, 9.17) is 0 Å². The fourth-order valence-electron chi connectivity index (χ4n) is 4.51. The van der Waals surface area contributed by atoms with Crippen LogP contribution in [0.2, 0.25) is 0 Å². The first-order valence-corrected chi connectivity index (χ1v) is 15.0. The lowest BCUT2D eigenvalue weighted by Crippen LogP contribution is -2.54. The molecule has 2 rings (SSSR count). The summed E-state index contributed by atoms with van der Waals surface area (Å²) in [5.41, 5.74) is 1.71. The van der Waals surface area contributed by atoms with E-state index >= 15 is 0 Å². The van der Waals surface area contributed by atoms with Crippen LogP contribution >= 0.6 is 11.8 Å². The maximum absolute atomic E-state index is 13.5. The average Bonchev–Trinajstić information content (AvgIpc) is 2.92. The van der Waals surface area contributed by atoms with Crippen molar-refractivity contribution >= 4 is 34.5 Å². The van der Waals surface area contributed by atoms with Crippen LogP contribution in [0.3, 0.4) is 0 Å². The Kier molecular flexibility index (Phi) is 14.3. The number of thioether (sulfide) groups is 1. The number of carbonyl (C=O) groups excluding carboxylic acids is 3. The van der Waals surface area contributed by atoms with Crippen LogP contribution in [-0.4, -0.2) is 81.8 Å². The molecule has 2 N–H and O–H groups in total. The predicted octanol–water partition coefficient (Wildman–Crippen LogP) is 4.27. The quantitative estimate of drug-likeness (QED) is 0.223. The molecular formula is C30H43N5O5S. The Labute approximate surface area is 247 Å². The third-order valence-electron chi connectivity index (χ3n) is 6.66. The molecule has 0 unspecified atom stereocenters. The van der Waals surface area contributed by atoms with Crippen molar-refractivity contribution in [1.29, 1.82) is 0 Å². The molecule has 0 fully saturated rings. The summed E-state index contributed by atoms with van der Waals surface area (Å²) in [4.78, 5) is 52.8. The van der Waals surface area contributed by atoms with Gasteiger partial charge in [0, 0.05) is 69.5 Å². The molecule has 0 spiro atoms. The van der Waals surface area contributed by atoms with Crippen LogP contribution in [0, 0.1) is 10.1 Å². The summed E-state index contributed by atoms with van der Waals surface area (Å²) >= 11 is 1.15. The molecule has 3 amide bonds. The van der Waals surface area contributed by atoms with Crippen molar-refractivity contribution in [3.63, 3.8) is 0 Å². The molecule has 2 aromatic carbocycles. The van der Waals surface area contributed by atoms with E-state index in [1.807, 2.05) is 30.3 Å². The smallest absolute Gasteiger partial charge is 0.318 e. The molecular weight excluding hydrogens is 542 g/mol. The number of rotatable bonds is 16. The molecule has 0 aromatic heterocycles. The first-order chi connectivity index (χ1) is 19.5. The van der Waals surface area contributed by atoms with Gasteiger partial charge in [0.15, 0.2) is 5.12 Å². The maximum atomic E-state index is 13.5. The van der Waals surface area contributed by atoms with Gasteiger partial charge in [0.25, 0.3) is 5.69 Å². The normalized spacial score (nSPS) is 11.9. The van der Waals surface area contributed by atoms with Crippen LogP contribution < -0.4 is 10.6 Å². The van der Waals surface area contributed by atoms with E-state index in [0.29, 0.717) is 56.0 Å². The SMILES string of the molecule is CC(=O)SCCN(CCc1ccccc1)C(=O)N[C@@H](Cc1ccc([N+](=O)[O-])cc1)C(=O)NCCN(C(C)C)C(C)C. The second-order valence-electron chi connectivity index (χ2n) is 10.4. The Morgan fingerprint density at radius 3 is 2.10 bits per heavy atom. The first kappa shape index (κ1) is 33.8. The lowest BCUT2D eigenvalue weighted by Gasteiger charge is -2.31. The van der Waals surface area contributed by atoms with Crippen LogP contribution in [0.5, 0.6) is 0 Å². The van der Waals surface area contributed by atoms with Gasteiger partial charge in [0.2, 0.25) is 5.91 Å². The zero-order valence-corrected chi connectivity index (χ0v) is 25.5. The van der Waals surface area contributed by atoms with E-state index in [0.717, 1.165) is 17.3 Å². The number of hydrogen-bond acceptors (Lipinski definition) is 7. The predicted molar refractivity (Wildman–Crippen MR) is 164 cm³/mol.